The molecule has 32 heavy (non-hydrogen) atoms. The summed E-state index contributed by atoms with van der Waals surface area (Å²) in [5.74, 6) is -0.238. The Morgan fingerprint density at radius 3 is 2.69 bits per heavy atom. The minimum atomic E-state index is -1.26. The highest BCUT2D eigenvalue weighted by Gasteiger charge is 2.21. The summed E-state index contributed by atoms with van der Waals surface area (Å²) >= 11 is 7.16. The molecule has 1 unspecified atom stereocenters. The third-order valence-corrected chi connectivity index (χ3v) is 6.18. The predicted molar refractivity (Wildman–Crippen MR) is 122 cm³/mol. The molecular weight excluding hydrogens is 456 g/mol. The molecule has 0 saturated heterocycles. The van der Waals surface area contributed by atoms with E-state index >= 15 is 0 Å². The Morgan fingerprint density at radius 1 is 1.22 bits per heavy atom. The number of nitrogens with one attached hydrogen (secondary N) is 1. The van der Waals surface area contributed by atoms with Crippen molar-refractivity contribution in [3.05, 3.63) is 84.1 Å². The molecule has 2 aromatic heterocycles. The fourth-order valence-electron chi connectivity index (χ4n) is 3.42. The van der Waals surface area contributed by atoms with Gasteiger partial charge in [-0.15, -0.1) is 11.3 Å². The molecule has 1 atom stereocenters. The lowest BCUT2D eigenvalue weighted by Gasteiger charge is -2.18. The van der Waals surface area contributed by atoms with E-state index in [-0.39, 0.29) is 26.5 Å². The summed E-state index contributed by atoms with van der Waals surface area (Å²) in [7, 11) is 1.57. The molecule has 0 aliphatic heterocycles. The number of aromatic nitrogens is 2. The van der Waals surface area contributed by atoms with Gasteiger partial charge in [0.25, 0.3) is 5.56 Å². The average molecular weight is 473 g/mol. The second-order valence-corrected chi connectivity index (χ2v) is 8.13. The molecule has 4 rings (SSSR count). The highest BCUT2D eigenvalue weighted by molar-refractivity contribution is 7.13. The third-order valence-electron chi connectivity index (χ3n) is 4.90. The molecule has 0 saturated carbocycles. The van der Waals surface area contributed by atoms with Crippen molar-refractivity contribution in [1.29, 1.82) is 0 Å². The fraction of sp³-hybridized carbons (Fsp3) is 0.136. The van der Waals surface area contributed by atoms with Crippen LogP contribution in [0, 0.1) is 0 Å². The number of nitrogens with zero attached hydrogens (tertiary/aromatic N) is 1. The van der Waals surface area contributed by atoms with Crippen molar-refractivity contribution >= 4 is 39.8 Å². The van der Waals surface area contributed by atoms with Gasteiger partial charge < -0.3 is 19.6 Å². The Hall–Kier alpha value is -3.56. The quantitative estimate of drug-likeness (QED) is 0.434. The second kappa shape index (κ2) is 8.52. The van der Waals surface area contributed by atoms with Crippen LogP contribution < -0.4 is 20.7 Å². The van der Waals surface area contributed by atoms with E-state index in [2.05, 4.69) is 4.98 Å². The zero-order chi connectivity index (χ0) is 23.0. The Morgan fingerprint density at radius 2 is 1.97 bits per heavy atom. The van der Waals surface area contributed by atoms with Crippen molar-refractivity contribution in [3.8, 4) is 17.2 Å². The van der Waals surface area contributed by atoms with Gasteiger partial charge in [0.05, 0.1) is 28.7 Å². The molecular formula is C22H17ClN2O6S. The number of methoxy groups -OCH3 is 1. The van der Waals surface area contributed by atoms with Gasteiger partial charge >= 0.3 is 11.7 Å². The number of carbonyl (C=O) groups is 1. The van der Waals surface area contributed by atoms with Crippen molar-refractivity contribution in [3.63, 3.8) is 0 Å². The topological polar surface area (TPSA) is 111 Å². The maximum atomic E-state index is 13.1. The van der Waals surface area contributed by atoms with Crippen LogP contribution in [0.2, 0.25) is 5.02 Å². The number of thiophene rings is 1. The van der Waals surface area contributed by atoms with Crippen LogP contribution in [0.4, 0.5) is 0 Å². The van der Waals surface area contributed by atoms with Gasteiger partial charge in [-0.2, -0.15) is 0 Å². The van der Waals surface area contributed by atoms with Crippen molar-refractivity contribution in [2.75, 3.05) is 7.11 Å². The Bertz CT molecular complexity index is 1460. The molecule has 2 heterocycles. The Labute approximate surface area is 190 Å². The number of hydrogen-bond donors (Lipinski definition) is 2. The molecule has 10 heteroatoms. The summed E-state index contributed by atoms with van der Waals surface area (Å²) in [6.45, 7) is 1.83. The zero-order valence-corrected chi connectivity index (χ0v) is 18.5. The van der Waals surface area contributed by atoms with Gasteiger partial charge in [-0.05, 0) is 25.1 Å². The molecule has 0 fully saturated rings. The predicted octanol–water partition coefficient (Wildman–Crippen LogP) is 4.24. The molecule has 0 amide bonds. The van der Waals surface area contributed by atoms with Gasteiger partial charge in [0, 0.05) is 17.0 Å². The number of benzene rings is 2. The number of ether oxygens (including phenoxy) is 2. The standard InChI is InChI=1S/C22H17ClN2O6S/c1-11(13-5-3-4-6-17(13)30-2)31-12-7-8-14(23)16(9-12)25-20(26)18-15(24-22(25)29)10-32-19(18)21(27)28/h3-11H,1-2H3,(H,24,29)(H,27,28). The van der Waals surface area contributed by atoms with E-state index < -0.39 is 23.3 Å². The van der Waals surface area contributed by atoms with Gasteiger partial charge in [-0.1, -0.05) is 29.8 Å². The van der Waals surface area contributed by atoms with E-state index in [1.165, 1.54) is 17.5 Å². The van der Waals surface area contributed by atoms with Crippen LogP contribution in [0.1, 0.15) is 28.3 Å². The number of aromatic carboxylic acids is 1. The maximum Gasteiger partial charge on any atom is 0.346 e. The first kappa shape index (κ1) is 21.7. The Balaban J connectivity index is 1.81. The van der Waals surface area contributed by atoms with Crippen molar-refractivity contribution in [1.82, 2.24) is 9.55 Å². The zero-order valence-electron chi connectivity index (χ0n) is 16.9. The van der Waals surface area contributed by atoms with E-state index in [1.54, 1.807) is 13.2 Å². The largest absolute Gasteiger partial charge is 0.496 e. The number of para-hydroxylation sites is 1. The van der Waals surface area contributed by atoms with Crippen LogP contribution in [-0.2, 0) is 0 Å². The average Bonchev–Trinajstić information content (AvgIpc) is 3.20. The normalized spacial score (nSPS) is 12.0. The van der Waals surface area contributed by atoms with E-state index in [0.29, 0.717) is 11.5 Å². The molecule has 8 nitrogen and oxygen atoms in total. The lowest BCUT2D eigenvalue weighted by molar-refractivity contribution is 0.0704. The third kappa shape index (κ3) is 3.76. The van der Waals surface area contributed by atoms with Crippen molar-refractivity contribution in [2.45, 2.75) is 13.0 Å². The molecule has 4 aromatic rings. The smallest absolute Gasteiger partial charge is 0.346 e. The summed E-state index contributed by atoms with van der Waals surface area (Å²) in [4.78, 5) is 39.7. The minimum absolute atomic E-state index is 0.0760. The monoisotopic (exact) mass is 472 g/mol. The van der Waals surface area contributed by atoms with Crippen molar-refractivity contribution in [2.24, 2.45) is 0 Å². The molecule has 164 valence electrons. The summed E-state index contributed by atoms with van der Waals surface area (Å²) in [6, 6.07) is 12.0. The van der Waals surface area contributed by atoms with Crippen molar-refractivity contribution < 1.29 is 19.4 Å². The number of carboxylic acid groups (broad SMARTS) is 1. The number of fused-ring (bicyclic) bond motifs is 1. The van der Waals surface area contributed by atoms with Crippen LogP contribution in [0.25, 0.3) is 16.6 Å². The van der Waals surface area contributed by atoms with Gasteiger partial charge in [0.15, 0.2) is 0 Å². The first-order chi connectivity index (χ1) is 15.3. The number of hydrogen-bond acceptors (Lipinski definition) is 6. The van der Waals surface area contributed by atoms with Crippen LogP contribution in [-0.4, -0.2) is 27.7 Å². The highest BCUT2D eigenvalue weighted by atomic mass is 35.5. The van der Waals surface area contributed by atoms with Gasteiger partial charge in [-0.3, -0.25) is 4.79 Å². The Kier molecular flexibility index (Phi) is 5.77. The van der Waals surface area contributed by atoms with Gasteiger partial charge in [0.1, 0.15) is 22.5 Å². The van der Waals surface area contributed by atoms with Crippen LogP contribution in [0.3, 0.4) is 0 Å². The van der Waals surface area contributed by atoms with E-state index in [4.69, 9.17) is 21.1 Å². The molecule has 2 N–H and O–H groups in total. The van der Waals surface area contributed by atoms with Gasteiger partial charge in [0.2, 0.25) is 0 Å². The number of carboxylic acids is 1. The lowest BCUT2D eigenvalue weighted by Crippen LogP contribution is -2.34. The molecule has 0 aliphatic rings. The van der Waals surface area contributed by atoms with Crippen LogP contribution in [0.5, 0.6) is 11.5 Å². The fourth-order valence-corrected chi connectivity index (χ4v) is 4.45. The molecule has 2 aromatic carbocycles. The molecule has 0 radical (unpaired) electrons. The molecule has 0 bridgehead atoms. The number of rotatable bonds is 6. The summed E-state index contributed by atoms with van der Waals surface area (Å²) in [5.41, 5.74) is -0.473. The number of H-pyrrole nitrogens is 1. The molecule has 0 spiro atoms. The maximum absolute atomic E-state index is 13.1. The first-order valence-corrected chi connectivity index (χ1v) is 10.7. The number of aromatic amines is 1. The minimum Gasteiger partial charge on any atom is -0.496 e. The van der Waals surface area contributed by atoms with E-state index in [1.807, 2.05) is 31.2 Å². The van der Waals surface area contributed by atoms with Crippen LogP contribution >= 0.6 is 22.9 Å². The second-order valence-electron chi connectivity index (χ2n) is 6.84. The first-order valence-electron chi connectivity index (χ1n) is 9.41. The summed E-state index contributed by atoms with van der Waals surface area (Å²) in [6.07, 6.45) is -0.409. The lowest BCUT2D eigenvalue weighted by atomic mass is 10.1. The summed E-state index contributed by atoms with van der Waals surface area (Å²) in [5, 5.41) is 10.8. The van der Waals surface area contributed by atoms with E-state index in [9.17, 15) is 19.5 Å². The van der Waals surface area contributed by atoms with Gasteiger partial charge in [-0.25, -0.2) is 14.2 Å². The SMILES string of the molecule is COc1ccccc1C(C)Oc1ccc(Cl)c(-n2c(=O)[nH]c3csc(C(=O)O)c3c2=O)c1. The highest BCUT2D eigenvalue weighted by Crippen LogP contribution is 2.31. The number of halogens is 1. The van der Waals surface area contributed by atoms with E-state index in [0.717, 1.165) is 21.5 Å². The summed E-state index contributed by atoms with van der Waals surface area (Å²) < 4.78 is 12.2. The van der Waals surface area contributed by atoms with Crippen LogP contribution in [0.15, 0.2) is 57.4 Å². The molecule has 0 aliphatic carbocycles.